The molecule has 0 atom stereocenters. The SMILES string of the molecule is I.I.[Al+3].[I-].[I-].[OH-]. The maximum atomic E-state index is 0. The van der Waals surface area contributed by atoms with E-state index in [0.29, 0.717) is 0 Å². The molecule has 0 saturated heterocycles. The van der Waals surface area contributed by atoms with Crippen molar-refractivity contribution < 1.29 is 53.4 Å². The molecule has 0 aromatic heterocycles. The molecule has 0 aromatic carbocycles. The largest absolute Gasteiger partial charge is 3.00 e. The van der Waals surface area contributed by atoms with Gasteiger partial charge in [-0.15, -0.1) is 48.0 Å². The van der Waals surface area contributed by atoms with Gasteiger partial charge in [-0.05, 0) is 0 Å². The Morgan fingerprint density at radius 1 is 0.667 bits per heavy atom. The van der Waals surface area contributed by atoms with E-state index < -0.39 is 0 Å². The summed E-state index contributed by atoms with van der Waals surface area (Å²) in [5.74, 6) is 0. The van der Waals surface area contributed by atoms with Crippen molar-refractivity contribution in [1.29, 1.82) is 0 Å². The van der Waals surface area contributed by atoms with Crippen molar-refractivity contribution in [3.05, 3.63) is 0 Å². The van der Waals surface area contributed by atoms with Crippen LogP contribution >= 0.6 is 48.0 Å². The van der Waals surface area contributed by atoms with Crippen LogP contribution in [0.2, 0.25) is 0 Å². The Balaban J connectivity index is 0. The molecule has 1 nitrogen and oxygen atoms in total. The fraction of sp³-hybridized carbons (Fsp3) is 0. The standard InChI is InChI=1S/Al.4HI.H2O/h;4*1H;1H2/q+3;;;;;/p-3. The molecule has 0 heterocycles. The summed E-state index contributed by atoms with van der Waals surface area (Å²) in [7, 11) is 0. The van der Waals surface area contributed by atoms with Crippen LogP contribution in [0.4, 0.5) is 0 Å². The first-order valence-corrected chi connectivity index (χ1v) is 0. The van der Waals surface area contributed by atoms with E-state index in [4.69, 9.17) is 0 Å². The molecule has 0 bridgehead atoms. The fourth-order valence-corrected chi connectivity index (χ4v) is 0. The van der Waals surface area contributed by atoms with Crippen molar-refractivity contribution in [2.75, 3.05) is 0 Å². The van der Waals surface area contributed by atoms with Gasteiger partial charge in [-0.25, -0.2) is 0 Å². The molecule has 1 N–H and O–H groups in total. The zero-order valence-corrected chi connectivity index (χ0v) is 12.7. The van der Waals surface area contributed by atoms with Crippen molar-refractivity contribution in [2.24, 2.45) is 0 Å². The Labute approximate surface area is 116 Å². The predicted octanol–water partition coefficient (Wildman–Crippen LogP) is -5.31. The van der Waals surface area contributed by atoms with Crippen molar-refractivity contribution in [3.63, 3.8) is 0 Å². The summed E-state index contributed by atoms with van der Waals surface area (Å²) in [4.78, 5) is 0. The van der Waals surface area contributed by atoms with E-state index in [1.54, 1.807) is 0 Å². The summed E-state index contributed by atoms with van der Waals surface area (Å²) in [6, 6.07) is 0. The first kappa shape index (κ1) is 57.2. The smallest absolute Gasteiger partial charge is 1.00 e. The first-order chi connectivity index (χ1) is 0. The van der Waals surface area contributed by atoms with E-state index in [1.165, 1.54) is 0 Å². The van der Waals surface area contributed by atoms with E-state index in [9.17, 15) is 0 Å². The Morgan fingerprint density at radius 3 is 0.667 bits per heavy atom. The van der Waals surface area contributed by atoms with Crippen molar-refractivity contribution in [2.45, 2.75) is 0 Å². The van der Waals surface area contributed by atoms with E-state index >= 15 is 0 Å². The maximum Gasteiger partial charge on any atom is 3.00 e. The average molecular weight is 554 g/mol. The normalized spacial score (nSPS) is 0. The number of hydrogen-bond donors (Lipinski definition) is 0. The molecule has 6 heteroatoms. The molecule has 0 saturated carbocycles. The van der Waals surface area contributed by atoms with Gasteiger partial charge >= 0.3 is 17.4 Å². The minimum Gasteiger partial charge on any atom is -1.00 e. The van der Waals surface area contributed by atoms with Crippen LogP contribution < -0.4 is 48.0 Å². The van der Waals surface area contributed by atoms with Crippen molar-refractivity contribution in [3.8, 4) is 0 Å². The van der Waals surface area contributed by atoms with Gasteiger partial charge in [-0.3, -0.25) is 0 Å². The second kappa shape index (κ2) is 39.7. The Hall–Kier alpha value is 3.41. The minimum absolute atomic E-state index is 0. The summed E-state index contributed by atoms with van der Waals surface area (Å²) >= 11 is 0. The summed E-state index contributed by atoms with van der Waals surface area (Å²) in [6.45, 7) is 0. The molecule has 0 unspecified atom stereocenters. The zero-order chi connectivity index (χ0) is 0. The van der Waals surface area contributed by atoms with Gasteiger partial charge in [0, 0.05) is 0 Å². The third-order valence-corrected chi connectivity index (χ3v) is 0. The zero-order valence-electron chi connectivity index (χ0n) is 2.60. The van der Waals surface area contributed by atoms with Crippen LogP contribution in [0.1, 0.15) is 0 Å². The number of halogens is 4. The monoisotopic (exact) mass is 554 g/mol. The fourth-order valence-electron chi connectivity index (χ4n) is 0. The number of hydrogen-bond acceptors (Lipinski definition) is 1. The van der Waals surface area contributed by atoms with E-state index in [0.717, 1.165) is 0 Å². The molecule has 0 rings (SSSR count). The summed E-state index contributed by atoms with van der Waals surface area (Å²) in [5, 5.41) is 0. The van der Waals surface area contributed by atoms with Gasteiger partial charge in [-0.1, -0.05) is 0 Å². The van der Waals surface area contributed by atoms with Gasteiger partial charge in [-0.2, -0.15) is 0 Å². The second-order valence-corrected chi connectivity index (χ2v) is 0. The molecular formula is H3AlI4O. The maximum absolute atomic E-state index is 0. The van der Waals surface area contributed by atoms with E-state index in [2.05, 4.69) is 0 Å². The molecule has 6 heavy (non-hydrogen) atoms. The van der Waals surface area contributed by atoms with Gasteiger partial charge in [0.25, 0.3) is 0 Å². The van der Waals surface area contributed by atoms with Crippen LogP contribution in [0.3, 0.4) is 0 Å². The Kier molecular flexibility index (Phi) is 378. The Bertz CT molecular complexity index is 7.51. The first-order valence-electron chi connectivity index (χ1n) is 0. The minimum atomic E-state index is 0. The van der Waals surface area contributed by atoms with Crippen LogP contribution in [-0.4, -0.2) is 22.8 Å². The molecule has 0 aliphatic heterocycles. The Morgan fingerprint density at radius 2 is 0.667 bits per heavy atom. The van der Waals surface area contributed by atoms with Crippen molar-refractivity contribution >= 4 is 65.3 Å². The molecule has 0 aliphatic rings. The average Bonchev–Trinajstić information content (AvgIpc) is 0. The molecule has 40 valence electrons. The topological polar surface area (TPSA) is 30.0 Å². The molecule has 0 aliphatic carbocycles. The van der Waals surface area contributed by atoms with Gasteiger partial charge in [0.05, 0.1) is 0 Å². The molecule has 0 amide bonds. The van der Waals surface area contributed by atoms with Gasteiger partial charge in [0.2, 0.25) is 0 Å². The van der Waals surface area contributed by atoms with Crippen LogP contribution in [-0.2, 0) is 0 Å². The van der Waals surface area contributed by atoms with Crippen LogP contribution in [0.15, 0.2) is 0 Å². The van der Waals surface area contributed by atoms with Crippen LogP contribution in [0.25, 0.3) is 0 Å². The molecule has 0 spiro atoms. The van der Waals surface area contributed by atoms with Crippen LogP contribution in [0.5, 0.6) is 0 Å². The van der Waals surface area contributed by atoms with Gasteiger partial charge in [0.1, 0.15) is 0 Å². The van der Waals surface area contributed by atoms with E-state index in [-0.39, 0.29) is 119 Å². The molecule has 0 aromatic rings. The van der Waals surface area contributed by atoms with Gasteiger partial charge < -0.3 is 53.4 Å². The summed E-state index contributed by atoms with van der Waals surface area (Å²) in [6.07, 6.45) is 0. The third-order valence-electron chi connectivity index (χ3n) is 0. The number of rotatable bonds is 0. The third kappa shape index (κ3) is 26.2. The van der Waals surface area contributed by atoms with Gasteiger partial charge in [0.15, 0.2) is 0 Å². The van der Waals surface area contributed by atoms with Crippen molar-refractivity contribution in [1.82, 2.24) is 0 Å². The second-order valence-electron chi connectivity index (χ2n) is 0. The predicted molar refractivity (Wildman–Crippen MR) is 38.5 cm³/mol. The molecular weight excluding hydrogens is 551 g/mol. The summed E-state index contributed by atoms with van der Waals surface area (Å²) < 4.78 is 0. The molecule has 0 fully saturated rings. The van der Waals surface area contributed by atoms with Crippen LogP contribution in [0, 0.1) is 0 Å². The van der Waals surface area contributed by atoms with E-state index in [1.807, 2.05) is 0 Å². The summed E-state index contributed by atoms with van der Waals surface area (Å²) in [5.41, 5.74) is 0. The molecule has 0 radical (unpaired) electrons. The quantitative estimate of drug-likeness (QED) is 0.218.